The van der Waals surface area contributed by atoms with Crippen molar-refractivity contribution in [3.63, 3.8) is 0 Å². The maximum atomic E-state index is 11.6. The zero-order valence-corrected chi connectivity index (χ0v) is 12.3. The van der Waals surface area contributed by atoms with Crippen molar-refractivity contribution in [2.75, 3.05) is 0 Å². The van der Waals surface area contributed by atoms with Gasteiger partial charge in [-0.2, -0.15) is 0 Å². The zero-order valence-electron chi connectivity index (χ0n) is 12.3. The van der Waals surface area contributed by atoms with Crippen molar-refractivity contribution in [2.24, 2.45) is 0 Å². The van der Waals surface area contributed by atoms with E-state index < -0.39 is 0 Å². The van der Waals surface area contributed by atoms with Crippen LogP contribution in [-0.2, 0) is 14.3 Å². The number of ether oxygens (including phenoxy) is 2. The second-order valence-corrected chi connectivity index (χ2v) is 6.55. The molecular weight excluding hydrogens is 228 g/mol. The smallest absolute Gasteiger partial charge is 0.333 e. The van der Waals surface area contributed by atoms with Gasteiger partial charge in [-0.3, -0.25) is 0 Å². The van der Waals surface area contributed by atoms with E-state index in [1.807, 2.05) is 6.92 Å². The third kappa shape index (κ3) is 4.81. The second-order valence-electron chi connectivity index (χ2n) is 6.55. The number of hydrogen-bond donors (Lipinski definition) is 0. The zero-order chi connectivity index (χ0) is 14.0. The van der Waals surface area contributed by atoms with Crippen molar-refractivity contribution in [2.45, 2.75) is 77.6 Å². The maximum Gasteiger partial charge on any atom is 0.333 e. The van der Waals surface area contributed by atoms with E-state index in [0.717, 1.165) is 25.7 Å². The fourth-order valence-corrected chi connectivity index (χ4v) is 2.23. The summed E-state index contributed by atoms with van der Waals surface area (Å²) in [5.74, 6) is -0.285. The number of hydrogen-bond acceptors (Lipinski definition) is 3. The van der Waals surface area contributed by atoms with Gasteiger partial charge in [0, 0.05) is 5.57 Å². The molecule has 1 rings (SSSR count). The van der Waals surface area contributed by atoms with Gasteiger partial charge in [-0.15, -0.1) is 0 Å². The van der Waals surface area contributed by atoms with Crippen molar-refractivity contribution < 1.29 is 14.3 Å². The predicted molar refractivity (Wildman–Crippen MR) is 72.4 cm³/mol. The van der Waals surface area contributed by atoms with Crippen LogP contribution in [0.15, 0.2) is 12.2 Å². The summed E-state index contributed by atoms with van der Waals surface area (Å²) >= 11 is 0. The normalized spacial score (nSPS) is 28.8. The first-order valence-electron chi connectivity index (χ1n) is 6.68. The van der Waals surface area contributed by atoms with Crippen LogP contribution < -0.4 is 0 Å². The Morgan fingerprint density at radius 2 is 1.78 bits per heavy atom. The third-order valence-corrected chi connectivity index (χ3v) is 3.20. The number of rotatable bonds is 3. The van der Waals surface area contributed by atoms with Crippen molar-refractivity contribution in [3.05, 3.63) is 12.2 Å². The molecule has 0 unspecified atom stereocenters. The van der Waals surface area contributed by atoms with Crippen molar-refractivity contribution >= 4 is 5.97 Å². The second kappa shape index (κ2) is 5.43. The summed E-state index contributed by atoms with van der Waals surface area (Å²) in [5.41, 5.74) is 0.00453. The minimum Gasteiger partial charge on any atom is -0.456 e. The molecule has 0 radical (unpaired) electrons. The van der Waals surface area contributed by atoms with E-state index in [0.29, 0.717) is 5.57 Å². The van der Waals surface area contributed by atoms with Crippen LogP contribution in [0, 0.1) is 0 Å². The minimum atomic E-state index is -0.353. The van der Waals surface area contributed by atoms with Gasteiger partial charge in [0.2, 0.25) is 0 Å². The Morgan fingerprint density at radius 1 is 1.28 bits per heavy atom. The Balaban J connectivity index is 2.47. The topological polar surface area (TPSA) is 35.5 Å². The van der Waals surface area contributed by atoms with Gasteiger partial charge in [-0.25, -0.2) is 4.79 Å². The van der Waals surface area contributed by atoms with Crippen LogP contribution in [0.25, 0.3) is 0 Å². The summed E-state index contributed by atoms with van der Waals surface area (Å²) in [6.07, 6.45) is 3.87. The largest absolute Gasteiger partial charge is 0.456 e. The van der Waals surface area contributed by atoms with Crippen molar-refractivity contribution in [3.8, 4) is 0 Å². The van der Waals surface area contributed by atoms with Crippen LogP contribution >= 0.6 is 0 Å². The van der Waals surface area contributed by atoms with Crippen molar-refractivity contribution in [1.29, 1.82) is 0 Å². The van der Waals surface area contributed by atoms with E-state index in [-0.39, 0.29) is 23.3 Å². The average molecular weight is 254 g/mol. The molecular formula is C15H26O3. The van der Waals surface area contributed by atoms with Crippen LogP contribution in [0.5, 0.6) is 0 Å². The number of esters is 1. The molecule has 0 bridgehead atoms. The van der Waals surface area contributed by atoms with E-state index in [9.17, 15) is 4.79 Å². The molecule has 0 saturated heterocycles. The molecule has 1 aliphatic rings. The molecule has 0 aromatic carbocycles. The van der Waals surface area contributed by atoms with Gasteiger partial charge in [-0.05, 0) is 60.3 Å². The first-order chi connectivity index (χ1) is 8.11. The molecule has 1 aliphatic carbocycles. The van der Waals surface area contributed by atoms with Gasteiger partial charge < -0.3 is 9.47 Å². The van der Waals surface area contributed by atoms with E-state index in [1.54, 1.807) is 6.92 Å². The Kier molecular flexibility index (Phi) is 4.60. The number of carbonyl (C=O) groups excluding carboxylic acids is 1. The monoisotopic (exact) mass is 254 g/mol. The molecule has 1 fully saturated rings. The van der Waals surface area contributed by atoms with Gasteiger partial charge in [0.05, 0.1) is 11.7 Å². The Morgan fingerprint density at radius 3 is 2.17 bits per heavy atom. The lowest BCUT2D eigenvalue weighted by Gasteiger charge is -2.39. The quantitative estimate of drug-likeness (QED) is 0.570. The van der Waals surface area contributed by atoms with Gasteiger partial charge in [0.15, 0.2) is 0 Å². The third-order valence-electron chi connectivity index (χ3n) is 3.20. The summed E-state index contributed by atoms with van der Waals surface area (Å²) in [5, 5.41) is 0. The average Bonchev–Trinajstić information content (AvgIpc) is 2.19. The molecule has 0 aromatic heterocycles. The lowest BCUT2D eigenvalue weighted by molar-refractivity contribution is -0.162. The summed E-state index contributed by atoms with van der Waals surface area (Å²) < 4.78 is 11.5. The highest BCUT2D eigenvalue weighted by molar-refractivity contribution is 5.87. The fourth-order valence-electron chi connectivity index (χ4n) is 2.23. The SMILES string of the molecule is C=C(C)C(=O)OC1(C)CCC(OC(C)(C)C)CC1. The Bertz CT molecular complexity index is 317. The summed E-state index contributed by atoms with van der Waals surface area (Å²) in [6, 6.07) is 0. The molecule has 0 spiro atoms. The molecule has 0 atom stereocenters. The van der Waals surface area contributed by atoms with E-state index in [1.165, 1.54) is 0 Å². The van der Waals surface area contributed by atoms with Crippen LogP contribution in [0.1, 0.15) is 60.3 Å². The molecule has 3 heteroatoms. The number of carbonyl (C=O) groups is 1. The highest BCUT2D eigenvalue weighted by Gasteiger charge is 2.36. The van der Waals surface area contributed by atoms with Crippen molar-refractivity contribution in [1.82, 2.24) is 0 Å². The highest BCUT2D eigenvalue weighted by Crippen LogP contribution is 2.34. The van der Waals surface area contributed by atoms with Gasteiger partial charge in [0.1, 0.15) is 5.60 Å². The molecule has 3 nitrogen and oxygen atoms in total. The van der Waals surface area contributed by atoms with E-state index >= 15 is 0 Å². The van der Waals surface area contributed by atoms with Gasteiger partial charge >= 0.3 is 5.97 Å². The van der Waals surface area contributed by atoms with E-state index in [4.69, 9.17) is 9.47 Å². The Labute approximate surface area is 111 Å². The van der Waals surface area contributed by atoms with E-state index in [2.05, 4.69) is 27.4 Å². The first kappa shape index (κ1) is 15.2. The minimum absolute atomic E-state index is 0.104. The fraction of sp³-hybridized carbons (Fsp3) is 0.800. The Hall–Kier alpha value is -0.830. The first-order valence-corrected chi connectivity index (χ1v) is 6.68. The van der Waals surface area contributed by atoms with Crippen LogP contribution in [0.4, 0.5) is 0 Å². The molecule has 1 saturated carbocycles. The lowest BCUT2D eigenvalue weighted by atomic mass is 9.84. The maximum absolute atomic E-state index is 11.6. The van der Waals surface area contributed by atoms with Crippen LogP contribution in [0.2, 0.25) is 0 Å². The molecule has 0 heterocycles. The molecule has 18 heavy (non-hydrogen) atoms. The predicted octanol–water partition coefficient (Wildman–Crippen LogP) is 3.62. The van der Waals surface area contributed by atoms with Crippen LogP contribution in [-0.4, -0.2) is 23.3 Å². The van der Waals surface area contributed by atoms with Crippen LogP contribution in [0.3, 0.4) is 0 Å². The molecule has 0 amide bonds. The molecule has 0 N–H and O–H groups in total. The summed E-state index contributed by atoms with van der Waals surface area (Å²) in [6.45, 7) is 13.5. The molecule has 0 aliphatic heterocycles. The summed E-state index contributed by atoms with van der Waals surface area (Å²) in [7, 11) is 0. The standard InChI is InChI=1S/C15H26O3/c1-11(2)13(16)18-15(6)9-7-12(8-10-15)17-14(3,4)5/h12H,1,7-10H2,2-6H3. The lowest BCUT2D eigenvalue weighted by Crippen LogP contribution is -2.40. The van der Waals surface area contributed by atoms with Gasteiger partial charge in [-0.1, -0.05) is 6.58 Å². The highest BCUT2D eigenvalue weighted by atomic mass is 16.6. The van der Waals surface area contributed by atoms with Gasteiger partial charge in [0.25, 0.3) is 0 Å². The molecule has 104 valence electrons. The summed E-state index contributed by atoms with van der Waals surface area (Å²) in [4.78, 5) is 11.6. The molecule has 0 aromatic rings.